The fourth-order valence-electron chi connectivity index (χ4n) is 0.853. The Kier molecular flexibility index (Phi) is 2.06. The van der Waals surface area contributed by atoms with Gasteiger partial charge < -0.3 is 9.94 Å². The average Bonchev–Trinajstić information content (AvgIpc) is 2.08. The first-order chi connectivity index (χ1) is 4.93. The molecule has 0 bridgehead atoms. The Morgan fingerprint density at radius 3 is 2.27 bits per heavy atom. The summed E-state index contributed by atoms with van der Waals surface area (Å²) in [6.45, 7) is 0. The molecule has 0 aromatic heterocycles. The maximum absolute atomic E-state index is 11.9. The molecule has 0 saturated carbocycles. The van der Waals surface area contributed by atoms with Crippen LogP contribution in [0.25, 0.3) is 0 Å². The molecule has 66 valence electrons. The van der Waals surface area contributed by atoms with Gasteiger partial charge in [0, 0.05) is 7.05 Å². The molecular weight excluding hydrogens is 165 g/mol. The van der Waals surface area contributed by atoms with Crippen LogP contribution < -0.4 is 10.7 Å². The molecule has 1 fully saturated rings. The van der Waals surface area contributed by atoms with Crippen LogP contribution in [0.5, 0.6) is 0 Å². The normalized spacial score (nSPS) is 34.6. The molecule has 4 nitrogen and oxygen atoms in total. The largest absolute Gasteiger partial charge is 0.785 e. The molecule has 0 aromatic carbocycles. The molecule has 2 unspecified atom stereocenters. The number of halogens is 3. The van der Waals surface area contributed by atoms with Crippen LogP contribution in [0.1, 0.15) is 0 Å². The molecule has 0 amide bonds. The van der Waals surface area contributed by atoms with Gasteiger partial charge >= 0.3 is 6.18 Å². The van der Waals surface area contributed by atoms with E-state index >= 15 is 0 Å². The summed E-state index contributed by atoms with van der Waals surface area (Å²) in [6, 6.07) is -2.05. The van der Waals surface area contributed by atoms with Gasteiger partial charge in [-0.3, -0.25) is 0 Å². The molecule has 11 heavy (non-hydrogen) atoms. The molecule has 0 spiro atoms. The average molecular weight is 172 g/mol. The van der Waals surface area contributed by atoms with E-state index in [0.29, 0.717) is 5.01 Å². The molecular formula is C4H7F3N2O2. The van der Waals surface area contributed by atoms with E-state index in [9.17, 15) is 18.3 Å². The van der Waals surface area contributed by atoms with Crippen LogP contribution in [0, 0.1) is 0 Å². The number of alkyl halides is 3. The summed E-state index contributed by atoms with van der Waals surface area (Å²) in [5.74, 6) is 0. The summed E-state index contributed by atoms with van der Waals surface area (Å²) < 4.78 is 35.8. The Bertz CT molecular complexity index is 141. The van der Waals surface area contributed by atoms with Crippen molar-refractivity contribution in [3.8, 4) is 0 Å². The number of nitrogens with one attached hydrogen (secondary N) is 1. The first-order valence-corrected chi connectivity index (χ1v) is 2.84. The van der Waals surface area contributed by atoms with Crippen LogP contribution in [0.3, 0.4) is 0 Å². The molecule has 1 saturated heterocycles. The number of rotatable bonds is 0. The Balaban J connectivity index is 2.69. The molecule has 2 atom stereocenters. The van der Waals surface area contributed by atoms with Gasteiger partial charge in [0.25, 0.3) is 0 Å². The zero-order valence-corrected chi connectivity index (χ0v) is 5.59. The minimum atomic E-state index is -4.52. The third kappa shape index (κ3) is 1.62. The van der Waals surface area contributed by atoms with Gasteiger partial charge in [-0.05, 0) is 5.59 Å². The highest BCUT2D eigenvalue weighted by molar-refractivity contribution is 4.77. The summed E-state index contributed by atoms with van der Waals surface area (Å²) in [6.07, 6.45) is -6.51. The van der Waals surface area contributed by atoms with E-state index in [0.717, 1.165) is 7.05 Å². The lowest BCUT2D eigenvalue weighted by Crippen LogP contribution is -2.51. The van der Waals surface area contributed by atoms with Crippen molar-refractivity contribution in [2.75, 3.05) is 7.05 Å². The smallest absolute Gasteiger partial charge is 0.412 e. The van der Waals surface area contributed by atoms with E-state index in [1.54, 1.807) is 0 Å². The lowest BCUT2D eigenvalue weighted by atomic mass is 10.3. The van der Waals surface area contributed by atoms with Crippen LogP contribution >= 0.6 is 0 Å². The van der Waals surface area contributed by atoms with Crippen molar-refractivity contribution in [2.24, 2.45) is 0 Å². The van der Waals surface area contributed by atoms with Gasteiger partial charge in [-0.25, -0.2) is 0 Å². The van der Waals surface area contributed by atoms with Crippen molar-refractivity contribution >= 4 is 0 Å². The maximum Gasteiger partial charge on any atom is 0.412 e. The van der Waals surface area contributed by atoms with E-state index in [1.807, 2.05) is 5.59 Å². The Hall–Kier alpha value is -0.370. The fourth-order valence-corrected chi connectivity index (χ4v) is 0.853. The van der Waals surface area contributed by atoms with Gasteiger partial charge in [-0.15, -0.1) is 0 Å². The topological polar surface area (TPSA) is 51.1 Å². The molecule has 0 aliphatic carbocycles. The lowest BCUT2D eigenvalue weighted by molar-refractivity contribution is -0.534. The number of likely N-dealkylation sites (N-methyl/N-ethyl adjacent to an activating group) is 1. The summed E-state index contributed by atoms with van der Waals surface area (Å²) in [5.41, 5.74) is 1.95. The minimum Gasteiger partial charge on any atom is -0.785 e. The number of hydrogen-bond donors (Lipinski definition) is 1. The molecule has 1 rings (SSSR count). The highest BCUT2D eigenvalue weighted by Crippen LogP contribution is 2.26. The zero-order valence-electron chi connectivity index (χ0n) is 5.59. The number of aliphatic hydroxyl groups is 1. The lowest BCUT2D eigenvalue weighted by Gasteiger charge is -2.21. The van der Waals surface area contributed by atoms with Gasteiger partial charge in [-0.1, -0.05) is 0 Å². The third-order valence-corrected chi connectivity index (χ3v) is 1.37. The predicted molar refractivity (Wildman–Crippen MR) is 26.7 cm³/mol. The first kappa shape index (κ1) is 8.72. The van der Waals surface area contributed by atoms with E-state index in [2.05, 4.69) is 4.84 Å². The Morgan fingerprint density at radius 1 is 1.55 bits per heavy atom. The molecule has 1 aliphatic heterocycles. The zero-order chi connectivity index (χ0) is 8.65. The van der Waals surface area contributed by atoms with Crippen molar-refractivity contribution in [1.82, 2.24) is 10.6 Å². The van der Waals surface area contributed by atoms with E-state index in [1.165, 1.54) is 0 Å². The van der Waals surface area contributed by atoms with E-state index in [-0.39, 0.29) is 0 Å². The standard InChI is InChI=1S/C4H6F3N2O2/c1-9-2(4(5,6)7)3(10)11-8-9/h2-3,8H,1H3/q-1/p+1. The van der Waals surface area contributed by atoms with Crippen molar-refractivity contribution in [1.29, 1.82) is 0 Å². The molecule has 0 aromatic rings. The Labute approximate surface area is 60.5 Å². The van der Waals surface area contributed by atoms with Crippen molar-refractivity contribution in [2.45, 2.75) is 18.5 Å². The SMILES string of the molecule is CN1N[OH+]C([O-])C1C(F)(F)F. The van der Waals surface area contributed by atoms with E-state index < -0.39 is 18.5 Å². The van der Waals surface area contributed by atoms with Gasteiger partial charge in [0.1, 0.15) is 6.29 Å². The summed E-state index contributed by atoms with van der Waals surface area (Å²) >= 11 is 0. The van der Waals surface area contributed by atoms with Crippen LogP contribution in [0.2, 0.25) is 0 Å². The fraction of sp³-hybridized carbons (Fsp3) is 1.00. The highest BCUT2D eigenvalue weighted by Gasteiger charge is 2.51. The van der Waals surface area contributed by atoms with Crippen molar-refractivity contribution < 1.29 is 23.1 Å². The predicted octanol–water partition coefficient (Wildman–Crippen LogP) is -1.50. The minimum absolute atomic E-state index is 0.650. The van der Waals surface area contributed by atoms with Gasteiger partial charge in [0.05, 0.1) is 0 Å². The number of nitrogens with zero attached hydrogens (tertiary/aromatic N) is 1. The van der Waals surface area contributed by atoms with Crippen LogP contribution in [-0.2, 0) is 0 Å². The van der Waals surface area contributed by atoms with Crippen molar-refractivity contribution in [3.63, 3.8) is 0 Å². The molecule has 1 aliphatic rings. The third-order valence-electron chi connectivity index (χ3n) is 1.37. The van der Waals surface area contributed by atoms with Gasteiger partial charge in [-0.2, -0.15) is 18.2 Å². The van der Waals surface area contributed by atoms with Gasteiger partial charge in [0.2, 0.25) is 0 Å². The second-order valence-corrected chi connectivity index (χ2v) is 2.22. The van der Waals surface area contributed by atoms with Gasteiger partial charge in [0.15, 0.2) is 6.04 Å². The second-order valence-electron chi connectivity index (χ2n) is 2.22. The number of hydrogen-bond acceptors (Lipinski definition) is 3. The first-order valence-electron chi connectivity index (χ1n) is 2.84. The summed E-state index contributed by atoms with van der Waals surface area (Å²) in [5, 5.41) is 11.2. The van der Waals surface area contributed by atoms with Crippen LogP contribution in [0.15, 0.2) is 0 Å². The molecule has 0 radical (unpaired) electrons. The molecule has 2 N–H and O–H groups in total. The monoisotopic (exact) mass is 172 g/mol. The van der Waals surface area contributed by atoms with Crippen molar-refractivity contribution in [3.05, 3.63) is 0 Å². The molecule has 7 heteroatoms. The molecule has 1 heterocycles. The maximum atomic E-state index is 11.9. The van der Waals surface area contributed by atoms with Crippen LogP contribution in [0.4, 0.5) is 13.2 Å². The Morgan fingerprint density at radius 2 is 2.09 bits per heavy atom. The quantitative estimate of drug-likeness (QED) is 0.452. The summed E-state index contributed by atoms with van der Waals surface area (Å²) in [7, 11) is 1.12. The summed E-state index contributed by atoms with van der Waals surface area (Å²) in [4.78, 5) is 2.97. The van der Waals surface area contributed by atoms with Crippen LogP contribution in [-0.4, -0.2) is 35.4 Å². The highest BCUT2D eigenvalue weighted by atomic mass is 19.4. The number of hydrazine groups is 1. The van der Waals surface area contributed by atoms with E-state index in [4.69, 9.17) is 0 Å². The second kappa shape index (κ2) is 2.59.